The van der Waals surface area contributed by atoms with Crippen molar-refractivity contribution in [3.8, 4) is 0 Å². The van der Waals surface area contributed by atoms with E-state index in [0.717, 1.165) is 18.7 Å². The first kappa shape index (κ1) is 17.7. The molecule has 0 radical (unpaired) electrons. The van der Waals surface area contributed by atoms with Crippen LogP contribution >= 0.6 is 0 Å². The molecule has 0 spiro atoms. The van der Waals surface area contributed by atoms with Crippen LogP contribution in [0.2, 0.25) is 0 Å². The molecule has 2 rings (SSSR count). The normalized spacial score (nSPS) is 22.0. The van der Waals surface area contributed by atoms with Crippen LogP contribution < -0.4 is 5.32 Å². The van der Waals surface area contributed by atoms with E-state index >= 15 is 0 Å². The van der Waals surface area contributed by atoms with Crippen molar-refractivity contribution in [2.45, 2.75) is 26.0 Å². The number of urea groups is 1. The zero-order valence-electron chi connectivity index (χ0n) is 13.7. The van der Waals surface area contributed by atoms with Crippen LogP contribution in [0.25, 0.3) is 0 Å². The van der Waals surface area contributed by atoms with Gasteiger partial charge in [0, 0.05) is 25.0 Å². The molecule has 1 aromatic carbocycles. The van der Waals surface area contributed by atoms with E-state index in [1.807, 2.05) is 0 Å². The van der Waals surface area contributed by atoms with Gasteiger partial charge in [-0.1, -0.05) is 13.8 Å². The van der Waals surface area contributed by atoms with E-state index in [2.05, 4.69) is 19.2 Å². The summed E-state index contributed by atoms with van der Waals surface area (Å²) < 4.78 is 36.4. The van der Waals surface area contributed by atoms with Gasteiger partial charge in [0.2, 0.25) is 0 Å². The number of carbonyl (C=O) groups excluding carboxylic acids is 1. The van der Waals surface area contributed by atoms with Gasteiger partial charge in [0.25, 0.3) is 0 Å². The van der Waals surface area contributed by atoms with Crippen molar-refractivity contribution >= 4 is 21.6 Å². The topological polar surface area (TPSA) is 66.5 Å². The van der Waals surface area contributed by atoms with Crippen LogP contribution in [0.4, 0.5) is 14.9 Å². The van der Waals surface area contributed by atoms with Crippen LogP contribution in [0, 0.1) is 17.7 Å². The number of nitrogens with one attached hydrogen (secondary N) is 1. The van der Waals surface area contributed by atoms with Gasteiger partial charge in [-0.25, -0.2) is 17.6 Å². The minimum Gasteiger partial charge on any atom is -0.324 e. The number of sulfone groups is 1. The van der Waals surface area contributed by atoms with Crippen molar-refractivity contribution in [2.75, 3.05) is 24.7 Å². The minimum atomic E-state index is -3.33. The van der Waals surface area contributed by atoms with Gasteiger partial charge >= 0.3 is 6.03 Å². The zero-order chi connectivity index (χ0) is 17.2. The first-order valence-corrected chi connectivity index (χ1v) is 9.72. The lowest BCUT2D eigenvalue weighted by Crippen LogP contribution is -2.44. The molecule has 1 N–H and O–H groups in total. The summed E-state index contributed by atoms with van der Waals surface area (Å²) in [4.78, 5) is 14.2. The number of anilines is 1. The van der Waals surface area contributed by atoms with Gasteiger partial charge in [-0.2, -0.15) is 0 Å². The zero-order valence-corrected chi connectivity index (χ0v) is 14.5. The number of piperidine rings is 1. The van der Waals surface area contributed by atoms with E-state index in [1.54, 1.807) is 4.90 Å². The third kappa shape index (κ3) is 5.20. The second kappa shape index (κ2) is 6.86. The molecule has 0 aliphatic carbocycles. The molecule has 0 saturated carbocycles. The third-order valence-corrected chi connectivity index (χ3v) is 4.72. The number of hydrogen-bond donors (Lipinski definition) is 1. The van der Waals surface area contributed by atoms with Crippen molar-refractivity contribution in [1.29, 1.82) is 0 Å². The van der Waals surface area contributed by atoms with Crippen LogP contribution in [0.3, 0.4) is 0 Å². The lowest BCUT2D eigenvalue weighted by molar-refractivity contribution is 0.156. The van der Waals surface area contributed by atoms with Crippen molar-refractivity contribution in [3.63, 3.8) is 0 Å². The first-order valence-electron chi connectivity index (χ1n) is 7.66. The molecule has 128 valence electrons. The Morgan fingerprint density at radius 1 is 1.30 bits per heavy atom. The number of carbonyl (C=O) groups is 1. The quantitative estimate of drug-likeness (QED) is 0.918. The average Bonchev–Trinajstić information content (AvgIpc) is 2.39. The standard InChI is InChI=1S/C16H23FN2O3S/c1-11-6-12(2)9-19(8-11)16(20)18-15-5-4-14(17)7-13(15)10-23(3,21)22/h4-5,7,11-12H,6,8-10H2,1-3H3,(H,18,20). The van der Waals surface area contributed by atoms with Crippen molar-refractivity contribution in [3.05, 3.63) is 29.6 Å². The molecule has 1 aliphatic heterocycles. The summed E-state index contributed by atoms with van der Waals surface area (Å²) in [6, 6.07) is 3.50. The van der Waals surface area contributed by atoms with E-state index in [4.69, 9.17) is 0 Å². The maximum absolute atomic E-state index is 13.4. The van der Waals surface area contributed by atoms with Crippen LogP contribution in [0.1, 0.15) is 25.8 Å². The summed E-state index contributed by atoms with van der Waals surface area (Å²) in [6.45, 7) is 5.53. The molecule has 2 atom stereocenters. The fourth-order valence-corrected chi connectivity index (χ4v) is 3.91. The number of likely N-dealkylation sites (tertiary alicyclic amines) is 1. The maximum Gasteiger partial charge on any atom is 0.321 e. The van der Waals surface area contributed by atoms with Crippen LogP contribution in [-0.4, -0.2) is 38.7 Å². The minimum absolute atomic E-state index is 0.263. The van der Waals surface area contributed by atoms with E-state index in [1.165, 1.54) is 12.1 Å². The molecule has 1 aromatic rings. The highest BCUT2D eigenvalue weighted by Crippen LogP contribution is 2.24. The van der Waals surface area contributed by atoms with Gasteiger partial charge in [-0.15, -0.1) is 0 Å². The fourth-order valence-electron chi connectivity index (χ4n) is 3.11. The van der Waals surface area contributed by atoms with Crippen LogP contribution in [-0.2, 0) is 15.6 Å². The molecule has 2 unspecified atom stereocenters. The number of nitrogens with zero attached hydrogens (tertiary/aromatic N) is 1. The molecule has 0 bridgehead atoms. The Hall–Kier alpha value is -1.63. The first-order chi connectivity index (χ1) is 10.6. The average molecular weight is 342 g/mol. The Kier molecular flexibility index (Phi) is 5.29. The highest BCUT2D eigenvalue weighted by molar-refractivity contribution is 7.89. The molecular formula is C16H23FN2O3S. The Morgan fingerprint density at radius 2 is 1.91 bits per heavy atom. The fraction of sp³-hybridized carbons (Fsp3) is 0.562. The Balaban J connectivity index is 2.17. The summed E-state index contributed by atoms with van der Waals surface area (Å²) in [6.07, 6.45) is 2.16. The summed E-state index contributed by atoms with van der Waals surface area (Å²) >= 11 is 0. The van der Waals surface area contributed by atoms with E-state index < -0.39 is 15.7 Å². The number of amides is 2. The van der Waals surface area contributed by atoms with Gasteiger partial charge in [-0.05, 0) is 42.0 Å². The second-order valence-electron chi connectivity index (χ2n) is 6.65. The summed E-state index contributed by atoms with van der Waals surface area (Å²) in [5.41, 5.74) is 0.603. The predicted molar refractivity (Wildman–Crippen MR) is 88.5 cm³/mol. The van der Waals surface area contributed by atoms with Crippen LogP contribution in [0.5, 0.6) is 0 Å². The van der Waals surface area contributed by atoms with Gasteiger partial charge in [0.05, 0.1) is 5.75 Å². The summed E-state index contributed by atoms with van der Waals surface area (Å²) in [5, 5.41) is 2.73. The highest BCUT2D eigenvalue weighted by Gasteiger charge is 2.26. The molecule has 1 aliphatic rings. The van der Waals surface area contributed by atoms with E-state index in [0.29, 0.717) is 30.6 Å². The molecule has 0 aromatic heterocycles. The van der Waals surface area contributed by atoms with Gasteiger partial charge in [0.1, 0.15) is 5.82 Å². The molecule has 1 saturated heterocycles. The molecular weight excluding hydrogens is 319 g/mol. The number of halogens is 1. The molecule has 23 heavy (non-hydrogen) atoms. The Labute approximate surface area is 136 Å². The third-order valence-electron chi connectivity index (χ3n) is 3.88. The largest absolute Gasteiger partial charge is 0.324 e. The lowest BCUT2D eigenvalue weighted by atomic mass is 9.92. The number of hydrogen-bond acceptors (Lipinski definition) is 3. The smallest absolute Gasteiger partial charge is 0.321 e. The molecule has 1 heterocycles. The van der Waals surface area contributed by atoms with Crippen molar-refractivity contribution in [2.24, 2.45) is 11.8 Å². The van der Waals surface area contributed by atoms with Gasteiger partial charge in [0.15, 0.2) is 9.84 Å². The lowest BCUT2D eigenvalue weighted by Gasteiger charge is -2.35. The van der Waals surface area contributed by atoms with Crippen LogP contribution in [0.15, 0.2) is 18.2 Å². The summed E-state index contributed by atoms with van der Waals surface area (Å²) in [7, 11) is -3.33. The van der Waals surface area contributed by atoms with E-state index in [-0.39, 0.29) is 17.3 Å². The molecule has 5 nitrogen and oxygen atoms in total. The second-order valence-corrected chi connectivity index (χ2v) is 8.79. The number of rotatable bonds is 3. The predicted octanol–water partition coefficient (Wildman–Crippen LogP) is 2.88. The molecule has 2 amide bonds. The number of benzene rings is 1. The molecule has 7 heteroatoms. The maximum atomic E-state index is 13.4. The molecule has 1 fully saturated rings. The highest BCUT2D eigenvalue weighted by atomic mass is 32.2. The van der Waals surface area contributed by atoms with Crippen molar-refractivity contribution < 1.29 is 17.6 Å². The monoisotopic (exact) mass is 342 g/mol. The van der Waals surface area contributed by atoms with Gasteiger partial charge < -0.3 is 10.2 Å². The SMILES string of the molecule is CC1CC(C)CN(C(=O)Nc2ccc(F)cc2CS(C)(=O)=O)C1. The van der Waals surface area contributed by atoms with Crippen molar-refractivity contribution in [1.82, 2.24) is 4.90 Å². The van der Waals surface area contributed by atoms with Gasteiger partial charge in [-0.3, -0.25) is 0 Å². The van der Waals surface area contributed by atoms with E-state index in [9.17, 15) is 17.6 Å². The Bertz CT molecular complexity index is 681. The Morgan fingerprint density at radius 3 is 2.48 bits per heavy atom. The summed E-state index contributed by atoms with van der Waals surface area (Å²) in [5.74, 6) is 0.0102.